The molecule has 0 aliphatic carbocycles. The molecule has 1 unspecified atom stereocenters. The van der Waals surface area contributed by atoms with Crippen molar-refractivity contribution < 1.29 is 14.3 Å². The number of nitrogens with zero attached hydrogens (tertiary/aromatic N) is 1. The topological polar surface area (TPSA) is 84.7 Å². The average Bonchev–Trinajstić information content (AvgIpc) is 2.27. The van der Waals surface area contributed by atoms with Gasteiger partial charge < -0.3 is 20.7 Å². The van der Waals surface area contributed by atoms with Crippen LogP contribution in [0.25, 0.3) is 0 Å². The van der Waals surface area contributed by atoms with Crippen molar-refractivity contribution in [3.05, 3.63) is 0 Å². The summed E-state index contributed by atoms with van der Waals surface area (Å²) in [5.41, 5.74) is 4.75. The summed E-state index contributed by atoms with van der Waals surface area (Å²) in [4.78, 5) is 24.7. The number of ether oxygens (including phenoxy) is 1. The van der Waals surface area contributed by atoms with E-state index in [2.05, 4.69) is 5.32 Å². The van der Waals surface area contributed by atoms with Crippen LogP contribution in [0.5, 0.6) is 0 Å². The first-order valence-corrected chi connectivity index (χ1v) is 6.29. The Morgan fingerprint density at radius 3 is 2.67 bits per heavy atom. The monoisotopic (exact) mass is 257 g/mol. The smallest absolute Gasteiger partial charge is 0.410 e. The van der Waals surface area contributed by atoms with Gasteiger partial charge in [0.15, 0.2) is 0 Å². The number of carbonyl (C=O) groups excluding carboxylic acids is 2. The van der Waals surface area contributed by atoms with E-state index in [-0.39, 0.29) is 24.6 Å². The molecule has 0 radical (unpaired) electrons. The number of hydrogen-bond acceptors (Lipinski definition) is 4. The quantitative estimate of drug-likeness (QED) is 0.752. The van der Waals surface area contributed by atoms with Crippen LogP contribution >= 0.6 is 0 Å². The summed E-state index contributed by atoms with van der Waals surface area (Å²) in [6, 6.07) is -0.0256. The Morgan fingerprint density at radius 1 is 1.44 bits per heavy atom. The molecule has 0 bridgehead atoms. The summed E-state index contributed by atoms with van der Waals surface area (Å²) in [7, 11) is 0. The molecule has 18 heavy (non-hydrogen) atoms. The molecule has 1 rings (SSSR count). The summed E-state index contributed by atoms with van der Waals surface area (Å²) in [6.07, 6.45) is 1.40. The fourth-order valence-corrected chi connectivity index (χ4v) is 1.87. The summed E-state index contributed by atoms with van der Waals surface area (Å²) in [5.74, 6) is -0.189. The van der Waals surface area contributed by atoms with Crippen molar-refractivity contribution in [2.45, 2.75) is 45.3 Å². The summed E-state index contributed by atoms with van der Waals surface area (Å²) < 4.78 is 5.31. The zero-order valence-electron chi connectivity index (χ0n) is 11.4. The predicted octanol–water partition coefficient (Wildman–Crippen LogP) is 0.461. The molecule has 0 aromatic heterocycles. The molecule has 0 saturated carbocycles. The molecule has 1 atom stereocenters. The van der Waals surface area contributed by atoms with Crippen LogP contribution in [0.4, 0.5) is 4.79 Å². The van der Waals surface area contributed by atoms with Gasteiger partial charge in [-0.25, -0.2) is 4.79 Å². The fourth-order valence-electron chi connectivity index (χ4n) is 1.87. The van der Waals surface area contributed by atoms with E-state index >= 15 is 0 Å². The van der Waals surface area contributed by atoms with Crippen molar-refractivity contribution in [2.24, 2.45) is 5.73 Å². The van der Waals surface area contributed by atoms with Crippen LogP contribution in [-0.2, 0) is 9.53 Å². The van der Waals surface area contributed by atoms with Crippen LogP contribution in [0.1, 0.15) is 33.6 Å². The van der Waals surface area contributed by atoms with Crippen molar-refractivity contribution in [1.29, 1.82) is 0 Å². The molecule has 1 heterocycles. The van der Waals surface area contributed by atoms with Crippen molar-refractivity contribution in [2.75, 3.05) is 19.6 Å². The second-order valence-electron chi connectivity index (χ2n) is 5.54. The van der Waals surface area contributed by atoms with E-state index in [0.717, 1.165) is 12.8 Å². The number of likely N-dealkylation sites (tertiary alicyclic amines) is 1. The fraction of sp³-hybridized carbons (Fsp3) is 0.833. The first-order valence-electron chi connectivity index (χ1n) is 6.29. The first-order chi connectivity index (χ1) is 8.31. The second-order valence-corrected chi connectivity index (χ2v) is 5.54. The lowest BCUT2D eigenvalue weighted by molar-refractivity contribution is -0.120. The number of nitrogens with one attached hydrogen (secondary N) is 1. The highest BCUT2D eigenvalue weighted by molar-refractivity contribution is 5.78. The first kappa shape index (κ1) is 14.8. The van der Waals surface area contributed by atoms with Crippen LogP contribution in [0.15, 0.2) is 0 Å². The Labute approximate surface area is 108 Å². The van der Waals surface area contributed by atoms with Gasteiger partial charge in [-0.05, 0) is 33.6 Å². The van der Waals surface area contributed by atoms with Gasteiger partial charge in [-0.15, -0.1) is 0 Å². The van der Waals surface area contributed by atoms with E-state index < -0.39 is 5.60 Å². The van der Waals surface area contributed by atoms with Gasteiger partial charge in [-0.1, -0.05) is 0 Å². The second kappa shape index (κ2) is 6.04. The van der Waals surface area contributed by atoms with Crippen molar-refractivity contribution in [3.63, 3.8) is 0 Å². The minimum absolute atomic E-state index is 0.0249. The Kier molecular flexibility index (Phi) is 4.95. The van der Waals surface area contributed by atoms with Crippen molar-refractivity contribution in [1.82, 2.24) is 10.2 Å². The maximum absolute atomic E-state index is 11.9. The van der Waals surface area contributed by atoms with E-state index in [1.807, 2.05) is 20.8 Å². The maximum Gasteiger partial charge on any atom is 0.410 e. The minimum Gasteiger partial charge on any atom is -0.444 e. The van der Waals surface area contributed by atoms with Gasteiger partial charge in [0, 0.05) is 19.1 Å². The van der Waals surface area contributed by atoms with Crippen molar-refractivity contribution >= 4 is 12.0 Å². The number of amides is 2. The Balaban J connectivity index is 2.48. The zero-order chi connectivity index (χ0) is 13.8. The van der Waals surface area contributed by atoms with Crippen LogP contribution < -0.4 is 11.1 Å². The Morgan fingerprint density at radius 2 is 2.11 bits per heavy atom. The summed E-state index contributed by atoms with van der Waals surface area (Å²) in [5, 5.41) is 2.80. The molecule has 1 aliphatic heterocycles. The number of hydrogen-bond donors (Lipinski definition) is 2. The van der Waals surface area contributed by atoms with Crippen LogP contribution in [0.3, 0.4) is 0 Å². The third-order valence-corrected chi connectivity index (χ3v) is 2.62. The lowest BCUT2D eigenvalue weighted by atomic mass is 10.1. The Hall–Kier alpha value is -1.30. The summed E-state index contributed by atoms with van der Waals surface area (Å²) >= 11 is 0. The largest absolute Gasteiger partial charge is 0.444 e. The van der Waals surface area contributed by atoms with E-state index in [1.54, 1.807) is 4.90 Å². The molecule has 1 fully saturated rings. The molecule has 1 aliphatic rings. The van der Waals surface area contributed by atoms with Crippen molar-refractivity contribution in [3.8, 4) is 0 Å². The van der Waals surface area contributed by atoms with E-state index in [4.69, 9.17) is 10.5 Å². The summed E-state index contributed by atoms with van der Waals surface area (Å²) in [6.45, 7) is 6.64. The van der Waals surface area contributed by atoms with Gasteiger partial charge in [0.05, 0.1) is 6.54 Å². The highest BCUT2D eigenvalue weighted by Crippen LogP contribution is 2.15. The van der Waals surface area contributed by atoms with Crippen LogP contribution in [0.2, 0.25) is 0 Å². The van der Waals surface area contributed by atoms with Gasteiger partial charge >= 0.3 is 6.09 Å². The van der Waals surface area contributed by atoms with Crippen LogP contribution in [-0.4, -0.2) is 48.2 Å². The maximum atomic E-state index is 11.9. The third kappa shape index (κ3) is 4.91. The highest BCUT2D eigenvalue weighted by Gasteiger charge is 2.27. The lowest BCUT2D eigenvalue weighted by Crippen LogP contribution is -2.51. The van der Waals surface area contributed by atoms with Gasteiger partial charge in [-0.3, -0.25) is 4.79 Å². The number of rotatable bonds is 2. The third-order valence-electron chi connectivity index (χ3n) is 2.62. The highest BCUT2D eigenvalue weighted by atomic mass is 16.6. The molecule has 1 saturated heterocycles. The van der Waals surface area contributed by atoms with Gasteiger partial charge in [0.25, 0.3) is 0 Å². The van der Waals surface area contributed by atoms with Gasteiger partial charge in [0.1, 0.15) is 5.60 Å². The zero-order valence-corrected chi connectivity index (χ0v) is 11.4. The molecular weight excluding hydrogens is 234 g/mol. The molecule has 3 N–H and O–H groups in total. The molecule has 0 spiro atoms. The molecule has 0 aromatic carbocycles. The number of nitrogens with two attached hydrogens (primary N) is 1. The van der Waals surface area contributed by atoms with E-state index in [0.29, 0.717) is 13.1 Å². The molecule has 0 aromatic rings. The standard InChI is InChI=1S/C12H23N3O3/c1-12(2,3)18-11(17)15-6-4-5-9(8-15)14-10(16)7-13/h9H,4-8,13H2,1-3H3,(H,14,16). The normalized spacial score (nSPS) is 20.4. The van der Waals surface area contributed by atoms with E-state index in [1.165, 1.54) is 0 Å². The van der Waals surface area contributed by atoms with Gasteiger partial charge in [0.2, 0.25) is 5.91 Å². The lowest BCUT2D eigenvalue weighted by Gasteiger charge is -2.34. The van der Waals surface area contributed by atoms with E-state index in [9.17, 15) is 9.59 Å². The molecule has 104 valence electrons. The predicted molar refractivity (Wildman–Crippen MR) is 68.0 cm³/mol. The molecule has 6 nitrogen and oxygen atoms in total. The number of carbonyl (C=O) groups is 2. The minimum atomic E-state index is -0.496. The Bertz CT molecular complexity index is 312. The average molecular weight is 257 g/mol. The molecule has 6 heteroatoms. The van der Waals surface area contributed by atoms with Crippen LogP contribution in [0, 0.1) is 0 Å². The van der Waals surface area contributed by atoms with Gasteiger partial charge in [-0.2, -0.15) is 0 Å². The molecular formula is C12H23N3O3. The number of piperidine rings is 1. The molecule has 2 amide bonds. The SMILES string of the molecule is CC(C)(C)OC(=O)N1CCCC(NC(=O)CN)C1.